The van der Waals surface area contributed by atoms with Gasteiger partial charge in [0, 0.05) is 30.4 Å². The van der Waals surface area contributed by atoms with Gasteiger partial charge < -0.3 is 4.98 Å². The molecule has 0 N–H and O–H groups in total. The molecule has 2 nitrogen and oxygen atoms in total. The molecule has 2 heterocycles. The molecule has 0 amide bonds. The largest absolute Gasteiger partial charge is 0 e. The van der Waals surface area contributed by atoms with Crippen LogP contribution in [-0.2, 0) is 20.1 Å². The van der Waals surface area contributed by atoms with E-state index in [-0.39, 0.29) is 43.1 Å². The maximum Gasteiger partial charge on any atom is 0 e. The van der Waals surface area contributed by atoms with Gasteiger partial charge in [-0.25, -0.2) is 0 Å². The first-order valence-electron chi connectivity index (χ1n) is 23.7. The number of hydrogen-bond donors (Lipinski definition) is 0. The molecule has 0 bridgehead atoms. The Morgan fingerprint density at radius 2 is 1.02 bits per heavy atom. The van der Waals surface area contributed by atoms with E-state index >= 15 is 0 Å². The fourth-order valence-corrected chi connectivity index (χ4v) is 9.93. The molecule has 0 fully saturated rings. The fraction of sp³-hybridized carbons (Fsp3) is 0.193. The maximum absolute atomic E-state index is 8.40. The number of nitrogens with zero attached hydrogens (tertiary/aromatic N) is 2. The Morgan fingerprint density at radius 3 is 1.56 bits per heavy atom. The molecule has 2 aromatic heterocycles. The molecule has 0 aliphatic carbocycles. The molecule has 0 aliphatic rings. The topological polar surface area (TPSA) is 25.8 Å². The van der Waals surface area contributed by atoms with E-state index in [1.54, 1.807) is 6.20 Å². The molecule has 8 aromatic rings. The summed E-state index contributed by atoms with van der Waals surface area (Å²) in [7, 11) is 0. The van der Waals surface area contributed by atoms with Crippen LogP contribution in [0.15, 0.2) is 164 Å². The van der Waals surface area contributed by atoms with Crippen molar-refractivity contribution >= 4 is 17.7 Å². The minimum Gasteiger partial charge on any atom is 0 e. The minimum absolute atomic E-state index is 0. The molecule has 0 saturated heterocycles. The van der Waals surface area contributed by atoms with Gasteiger partial charge >= 0.3 is 146 Å². The van der Waals surface area contributed by atoms with Gasteiger partial charge in [0.25, 0.3) is 0 Å². The number of hydrogen-bond acceptors (Lipinski definition) is 2. The molecule has 0 atom stereocenters. The first-order valence-corrected chi connectivity index (χ1v) is 28.0. The molecule has 0 aliphatic heterocycles. The van der Waals surface area contributed by atoms with Crippen LogP contribution >= 0.6 is 0 Å². The summed E-state index contributed by atoms with van der Waals surface area (Å²) in [6.07, 6.45) is 3.02. The predicted molar refractivity (Wildman–Crippen MR) is 259 cm³/mol. The van der Waals surface area contributed by atoms with Crippen LogP contribution in [-0.4, -0.2) is 23.2 Å². The normalized spacial score (nSPS) is 13.1. The molecule has 0 spiro atoms. The summed E-state index contributed by atoms with van der Waals surface area (Å²) in [5.41, 5.74) is 13.7. The summed E-state index contributed by atoms with van der Waals surface area (Å²) in [5.74, 6) is 7.41. The zero-order valence-corrected chi connectivity index (χ0v) is 40.5. The Morgan fingerprint density at radius 1 is 0.492 bits per heavy atom. The molecule has 0 unspecified atom stereocenters. The molecule has 6 aromatic carbocycles. The van der Waals surface area contributed by atoms with E-state index in [1.807, 2.05) is 84.9 Å². The Hall–Kier alpha value is -5.19. The summed E-state index contributed by atoms with van der Waals surface area (Å²) in [6.45, 7) is 4.18. The van der Waals surface area contributed by atoms with Crippen molar-refractivity contribution in [3.63, 3.8) is 0 Å². The molecule has 0 saturated carbocycles. The maximum atomic E-state index is 8.40. The van der Waals surface area contributed by atoms with Gasteiger partial charge in [0.15, 0.2) is 0 Å². The van der Waals surface area contributed by atoms with E-state index in [0.29, 0.717) is 11.3 Å². The number of pyridine rings is 2. The van der Waals surface area contributed by atoms with E-state index in [4.69, 9.17) is 8.22 Å². The average molecular weight is 1040 g/mol. The minimum atomic E-state index is -2.31. The predicted octanol–water partition coefficient (Wildman–Crippen LogP) is 15.2. The Labute approximate surface area is 389 Å². The number of benzene rings is 6. The van der Waals surface area contributed by atoms with Crippen molar-refractivity contribution in [2.75, 3.05) is 0 Å². The SMILES string of the molecule is [2H]C([2H])([2H])c1cnc(-c2[c-]ccc(-c3ccccc3)c2)cc1-c1c(C(C)C)cc(-c2ccccc2)cc1C(C)C.[2H]C([2H])([2H])c1cnc(-c2[c-]cccc2)cc1-c1cc[c]([Ge]([CH3])([CH3])[CH3])cc1.[Ir]. The number of aromatic nitrogens is 2. The molecule has 8 rings (SSSR count). The molecule has 61 heavy (non-hydrogen) atoms. The van der Waals surface area contributed by atoms with Crippen molar-refractivity contribution in [3.05, 3.63) is 198 Å². The van der Waals surface area contributed by atoms with Gasteiger partial charge in [0.1, 0.15) is 0 Å². The van der Waals surface area contributed by atoms with Crippen molar-refractivity contribution < 1.29 is 28.3 Å². The molecular formula is C57H56GeIrN2-2. The van der Waals surface area contributed by atoms with Gasteiger partial charge in [0.2, 0.25) is 0 Å². The quantitative estimate of drug-likeness (QED) is 0.106. The van der Waals surface area contributed by atoms with E-state index in [2.05, 4.69) is 134 Å². The third kappa shape index (κ3) is 10.8. The van der Waals surface area contributed by atoms with Gasteiger partial charge in [-0.3, -0.25) is 0 Å². The zero-order chi connectivity index (χ0) is 47.4. The second kappa shape index (κ2) is 20.1. The number of aryl methyl sites for hydroxylation is 2. The van der Waals surface area contributed by atoms with Crippen LogP contribution in [0.4, 0.5) is 0 Å². The Balaban J connectivity index is 0.000000238. The molecular weight excluding hydrogens is 977 g/mol. The summed E-state index contributed by atoms with van der Waals surface area (Å²) < 4.78 is 50.2. The zero-order valence-electron chi connectivity index (χ0n) is 42.0. The Bertz CT molecular complexity index is 2880. The average Bonchev–Trinajstić information content (AvgIpc) is 3.31. The van der Waals surface area contributed by atoms with Crippen LogP contribution < -0.4 is 4.40 Å². The van der Waals surface area contributed by atoms with Crippen LogP contribution in [0.25, 0.3) is 67.0 Å². The summed E-state index contributed by atoms with van der Waals surface area (Å²) in [4.78, 5) is 9.04. The van der Waals surface area contributed by atoms with Crippen molar-refractivity contribution in [3.8, 4) is 67.0 Å². The number of rotatable bonds is 9. The van der Waals surface area contributed by atoms with Crippen molar-refractivity contribution in [2.45, 2.75) is 70.5 Å². The van der Waals surface area contributed by atoms with Crippen molar-refractivity contribution in [1.29, 1.82) is 0 Å². The van der Waals surface area contributed by atoms with E-state index < -0.39 is 27.0 Å². The van der Waals surface area contributed by atoms with Crippen molar-refractivity contribution in [2.24, 2.45) is 0 Å². The standard InChI is InChI=1S/C36H34N.C21H22GeN.Ir/c1-24(2)32-20-31(28-15-10-7-11-16-28)21-33(25(3)4)36(32)34-22-35(37-23-26(34)5)30-18-12-17-29(19-30)27-13-8-6-9-14-27;1-16-15-23-21(18-8-6-5-7-9-18)14-20(16)17-10-12-19(13-11-17)22(2,3)4;/h6-17,19-25H,1-5H3;5-8,10-15H,1-4H3;/q2*-1;/i5D3;1D3;. The van der Waals surface area contributed by atoms with Gasteiger partial charge in [-0.05, 0) is 68.9 Å². The fourth-order valence-electron chi connectivity index (χ4n) is 7.48. The third-order valence-electron chi connectivity index (χ3n) is 10.9. The van der Waals surface area contributed by atoms with Crippen LogP contribution in [0.1, 0.15) is 70.0 Å². The summed E-state index contributed by atoms with van der Waals surface area (Å²) >= 11 is -1.91. The smallest absolute Gasteiger partial charge is 0 e. The summed E-state index contributed by atoms with van der Waals surface area (Å²) in [5, 5.41) is 0. The van der Waals surface area contributed by atoms with Gasteiger partial charge in [-0.1, -0.05) is 107 Å². The second-order valence-electron chi connectivity index (χ2n) is 16.9. The van der Waals surface area contributed by atoms with Crippen LogP contribution in [0.3, 0.4) is 0 Å². The van der Waals surface area contributed by atoms with Gasteiger partial charge in [-0.2, -0.15) is 0 Å². The molecule has 309 valence electrons. The van der Waals surface area contributed by atoms with E-state index in [9.17, 15) is 0 Å². The first-order chi connectivity index (χ1) is 31.3. The van der Waals surface area contributed by atoms with Crippen LogP contribution in [0.5, 0.6) is 0 Å². The van der Waals surface area contributed by atoms with Gasteiger partial charge in [-0.15, -0.1) is 35.4 Å². The summed E-state index contributed by atoms with van der Waals surface area (Å²) in [6, 6.07) is 57.3. The third-order valence-corrected chi connectivity index (χ3v) is 15.2. The van der Waals surface area contributed by atoms with Crippen LogP contribution in [0, 0.1) is 25.8 Å². The Kier molecular flexibility index (Phi) is 12.4. The monoisotopic (exact) mass is 1040 g/mol. The first kappa shape index (κ1) is 37.6. The van der Waals surface area contributed by atoms with Crippen LogP contribution in [0.2, 0.25) is 17.3 Å². The van der Waals surface area contributed by atoms with E-state index in [0.717, 1.165) is 66.9 Å². The molecule has 1 radical (unpaired) electrons. The second-order valence-corrected chi connectivity index (χ2v) is 27.5. The molecule has 4 heteroatoms. The van der Waals surface area contributed by atoms with Crippen molar-refractivity contribution in [1.82, 2.24) is 9.97 Å². The van der Waals surface area contributed by atoms with Gasteiger partial charge in [0.05, 0.1) is 0 Å². The van der Waals surface area contributed by atoms with E-state index in [1.165, 1.54) is 10.6 Å².